The highest BCUT2D eigenvalue weighted by molar-refractivity contribution is 7.09. The van der Waals surface area contributed by atoms with Gasteiger partial charge in [0, 0.05) is 24.0 Å². The maximum absolute atomic E-state index is 12.9. The number of aromatic nitrogens is 1. The summed E-state index contributed by atoms with van der Waals surface area (Å²) in [4.78, 5) is 4.34. The average molecular weight is 278 g/mol. The van der Waals surface area contributed by atoms with E-state index in [-0.39, 0.29) is 5.82 Å². The van der Waals surface area contributed by atoms with Crippen LogP contribution in [0.4, 0.5) is 4.39 Å². The van der Waals surface area contributed by atoms with Gasteiger partial charge in [0.15, 0.2) is 0 Å². The molecule has 0 fully saturated rings. The third-order valence-corrected chi connectivity index (χ3v) is 3.78. The van der Waals surface area contributed by atoms with E-state index < -0.39 is 0 Å². The molecule has 1 N–H and O–H groups in total. The van der Waals surface area contributed by atoms with E-state index in [0.29, 0.717) is 6.04 Å². The van der Waals surface area contributed by atoms with E-state index in [9.17, 15) is 4.39 Å². The number of halogens is 1. The zero-order chi connectivity index (χ0) is 13.5. The van der Waals surface area contributed by atoms with Crippen LogP contribution in [0.15, 0.2) is 35.8 Å². The summed E-state index contributed by atoms with van der Waals surface area (Å²) in [6, 6.07) is 7.12. The topological polar surface area (TPSA) is 24.9 Å². The van der Waals surface area contributed by atoms with E-state index in [1.807, 2.05) is 23.7 Å². The number of nitrogens with zero attached hydrogens (tertiary/aromatic N) is 1. The molecular weight excluding hydrogens is 259 g/mol. The van der Waals surface area contributed by atoms with Crippen LogP contribution in [0.1, 0.15) is 23.9 Å². The smallest absolute Gasteiger partial charge is 0.123 e. The predicted octanol–water partition coefficient (Wildman–Crippen LogP) is 3.44. The molecule has 19 heavy (non-hydrogen) atoms. The molecule has 0 saturated heterocycles. The van der Waals surface area contributed by atoms with Crippen LogP contribution in [0.2, 0.25) is 0 Å². The lowest BCUT2D eigenvalue weighted by Gasteiger charge is -2.17. The third-order valence-electron chi connectivity index (χ3n) is 2.98. The van der Waals surface area contributed by atoms with Crippen LogP contribution < -0.4 is 5.32 Å². The van der Waals surface area contributed by atoms with E-state index in [0.717, 1.165) is 36.4 Å². The average Bonchev–Trinajstić information content (AvgIpc) is 2.91. The first-order valence-electron chi connectivity index (χ1n) is 6.64. The zero-order valence-corrected chi connectivity index (χ0v) is 11.9. The highest BCUT2D eigenvalue weighted by Crippen LogP contribution is 2.12. The highest BCUT2D eigenvalue weighted by atomic mass is 32.1. The molecule has 0 radical (unpaired) electrons. The van der Waals surface area contributed by atoms with Crippen molar-refractivity contribution in [3.63, 3.8) is 0 Å². The fourth-order valence-corrected chi connectivity index (χ4v) is 2.73. The minimum atomic E-state index is -0.179. The molecule has 2 rings (SSSR count). The van der Waals surface area contributed by atoms with Gasteiger partial charge in [0.05, 0.1) is 5.01 Å². The molecule has 0 amide bonds. The van der Waals surface area contributed by atoms with Crippen molar-refractivity contribution in [2.24, 2.45) is 0 Å². The summed E-state index contributed by atoms with van der Waals surface area (Å²) in [5, 5.41) is 6.70. The normalized spacial score (nSPS) is 12.5. The van der Waals surface area contributed by atoms with Crippen molar-refractivity contribution < 1.29 is 4.39 Å². The summed E-state index contributed by atoms with van der Waals surface area (Å²) in [6.45, 7) is 3.16. The van der Waals surface area contributed by atoms with E-state index >= 15 is 0 Å². The standard InChI is InChI=1S/C15H19FN2S/c1-2-7-17-14(11-15-18-8-9-19-15)10-12-3-5-13(16)6-4-12/h3-6,8-9,14,17H,2,7,10-11H2,1H3. The Bertz CT molecular complexity index is 467. The number of rotatable bonds is 7. The van der Waals surface area contributed by atoms with Crippen molar-refractivity contribution in [2.75, 3.05) is 6.54 Å². The monoisotopic (exact) mass is 278 g/mol. The molecule has 1 aromatic heterocycles. The molecule has 0 saturated carbocycles. The molecule has 0 aliphatic rings. The zero-order valence-electron chi connectivity index (χ0n) is 11.1. The van der Waals surface area contributed by atoms with Crippen LogP contribution in [-0.2, 0) is 12.8 Å². The largest absolute Gasteiger partial charge is 0.313 e. The van der Waals surface area contributed by atoms with Gasteiger partial charge in [-0.25, -0.2) is 9.37 Å². The summed E-state index contributed by atoms with van der Waals surface area (Å²) in [5.41, 5.74) is 1.16. The van der Waals surface area contributed by atoms with Gasteiger partial charge in [-0.15, -0.1) is 11.3 Å². The molecule has 2 aromatic rings. The molecular formula is C15H19FN2S. The van der Waals surface area contributed by atoms with Gasteiger partial charge in [-0.1, -0.05) is 19.1 Å². The van der Waals surface area contributed by atoms with E-state index in [1.165, 1.54) is 12.1 Å². The first-order valence-corrected chi connectivity index (χ1v) is 7.52. The molecule has 2 nitrogen and oxygen atoms in total. The van der Waals surface area contributed by atoms with E-state index in [4.69, 9.17) is 0 Å². The fraction of sp³-hybridized carbons (Fsp3) is 0.400. The Morgan fingerprint density at radius 2 is 2.05 bits per heavy atom. The molecule has 1 aromatic carbocycles. The lowest BCUT2D eigenvalue weighted by atomic mass is 10.0. The summed E-state index contributed by atoms with van der Waals surface area (Å²) in [7, 11) is 0. The molecule has 4 heteroatoms. The molecule has 1 heterocycles. The van der Waals surface area contributed by atoms with Crippen LogP contribution in [0.25, 0.3) is 0 Å². The maximum atomic E-state index is 12.9. The van der Waals surface area contributed by atoms with Crippen molar-refractivity contribution in [1.29, 1.82) is 0 Å². The molecule has 0 aliphatic heterocycles. The Kier molecular flexibility index (Phi) is 5.48. The Hall–Kier alpha value is -1.26. The van der Waals surface area contributed by atoms with Gasteiger partial charge < -0.3 is 5.32 Å². The van der Waals surface area contributed by atoms with Gasteiger partial charge in [0.1, 0.15) is 5.82 Å². The van der Waals surface area contributed by atoms with Gasteiger partial charge in [0.2, 0.25) is 0 Å². The molecule has 0 bridgehead atoms. The number of nitrogens with one attached hydrogen (secondary N) is 1. The van der Waals surface area contributed by atoms with Crippen molar-refractivity contribution in [3.05, 3.63) is 52.2 Å². The number of benzene rings is 1. The van der Waals surface area contributed by atoms with E-state index in [2.05, 4.69) is 17.2 Å². The van der Waals surface area contributed by atoms with Crippen LogP contribution in [0.5, 0.6) is 0 Å². The minimum Gasteiger partial charge on any atom is -0.313 e. The Morgan fingerprint density at radius 1 is 1.26 bits per heavy atom. The predicted molar refractivity (Wildman–Crippen MR) is 78.0 cm³/mol. The summed E-state index contributed by atoms with van der Waals surface area (Å²) in [5.74, 6) is -0.179. The number of hydrogen-bond donors (Lipinski definition) is 1. The third kappa shape index (κ3) is 4.73. The van der Waals surface area contributed by atoms with Crippen LogP contribution in [0, 0.1) is 5.82 Å². The Labute approximate surface area is 117 Å². The van der Waals surface area contributed by atoms with E-state index in [1.54, 1.807) is 11.3 Å². The molecule has 1 unspecified atom stereocenters. The van der Waals surface area contributed by atoms with Gasteiger partial charge in [-0.2, -0.15) is 0 Å². The second-order valence-corrected chi connectivity index (χ2v) is 5.59. The molecule has 0 aliphatic carbocycles. The van der Waals surface area contributed by atoms with Gasteiger partial charge in [-0.3, -0.25) is 0 Å². The first kappa shape index (κ1) is 14.2. The maximum Gasteiger partial charge on any atom is 0.123 e. The van der Waals surface area contributed by atoms with Crippen molar-refractivity contribution in [3.8, 4) is 0 Å². The second kappa shape index (κ2) is 7.36. The van der Waals surface area contributed by atoms with Gasteiger partial charge in [-0.05, 0) is 37.1 Å². The van der Waals surface area contributed by atoms with Crippen molar-refractivity contribution in [2.45, 2.75) is 32.2 Å². The van der Waals surface area contributed by atoms with Crippen LogP contribution in [-0.4, -0.2) is 17.6 Å². The van der Waals surface area contributed by atoms with Crippen molar-refractivity contribution in [1.82, 2.24) is 10.3 Å². The van der Waals surface area contributed by atoms with Crippen LogP contribution in [0.3, 0.4) is 0 Å². The first-order chi connectivity index (χ1) is 9.28. The molecule has 0 spiro atoms. The molecule has 102 valence electrons. The SMILES string of the molecule is CCCNC(Cc1ccc(F)cc1)Cc1nccs1. The Morgan fingerprint density at radius 3 is 2.68 bits per heavy atom. The minimum absolute atomic E-state index is 0.179. The Balaban J connectivity index is 1.98. The summed E-state index contributed by atoms with van der Waals surface area (Å²) >= 11 is 1.69. The van der Waals surface area contributed by atoms with Gasteiger partial charge >= 0.3 is 0 Å². The lowest BCUT2D eigenvalue weighted by Crippen LogP contribution is -2.33. The summed E-state index contributed by atoms with van der Waals surface area (Å²) in [6.07, 6.45) is 4.78. The fourth-order valence-electron chi connectivity index (χ4n) is 2.03. The van der Waals surface area contributed by atoms with Crippen molar-refractivity contribution >= 4 is 11.3 Å². The van der Waals surface area contributed by atoms with Gasteiger partial charge in [0.25, 0.3) is 0 Å². The second-order valence-electron chi connectivity index (χ2n) is 4.61. The number of hydrogen-bond acceptors (Lipinski definition) is 3. The quantitative estimate of drug-likeness (QED) is 0.839. The number of thiazole rings is 1. The molecule has 1 atom stereocenters. The summed E-state index contributed by atoms with van der Waals surface area (Å²) < 4.78 is 12.9. The highest BCUT2D eigenvalue weighted by Gasteiger charge is 2.11. The lowest BCUT2D eigenvalue weighted by molar-refractivity contribution is 0.503. The van der Waals surface area contributed by atoms with Crippen LogP contribution >= 0.6 is 11.3 Å².